The van der Waals surface area contributed by atoms with Gasteiger partial charge in [-0.15, -0.1) is 0 Å². The van der Waals surface area contributed by atoms with E-state index in [9.17, 15) is 35.1 Å². The van der Waals surface area contributed by atoms with Crippen LogP contribution >= 0.6 is 15.9 Å². The molecule has 0 unspecified atom stereocenters. The summed E-state index contributed by atoms with van der Waals surface area (Å²) in [5.74, 6) is -18.0. The van der Waals surface area contributed by atoms with Gasteiger partial charge in [0.25, 0.3) is 0 Å². The molecule has 0 aromatic heterocycles. The lowest BCUT2D eigenvalue weighted by molar-refractivity contribution is 0.436. The van der Waals surface area contributed by atoms with Crippen molar-refractivity contribution in [3.63, 3.8) is 0 Å². The molecule has 23 heavy (non-hydrogen) atoms. The predicted molar refractivity (Wildman–Crippen MR) is 64.0 cm³/mol. The maximum atomic E-state index is 13.8. The average Bonchev–Trinajstić information content (AvgIpc) is 2.53. The molecule has 0 fully saturated rings. The summed E-state index contributed by atoms with van der Waals surface area (Å²) in [4.78, 5) is 0. The van der Waals surface area contributed by atoms with E-state index in [0.717, 1.165) is 6.07 Å². The molecule has 2 aromatic carbocycles. The van der Waals surface area contributed by atoms with Crippen LogP contribution in [0, 0.1) is 57.9 Å². The average molecular weight is 402 g/mol. The van der Waals surface area contributed by atoms with Crippen LogP contribution in [-0.2, 0) is 0 Å². The van der Waals surface area contributed by atoms with Crippen molar-refractivity contribution in [2.45, 2.75) is 0 Å². The standard InChI is InChI=1S/C13BrF8N/c14-5-12(21)10(19)4(11(20)13(5)22)3-8(17)6(15)2(1-23)7(16)9(3)18. The topological polar surface area (TPSA) is 23.8 Å². The summed E-state index contributed by atoms with van der Waals surface area (Å²) >= 11 is 2.17. The fourth-order valence-corrected chi connectivity index (χ4v) is 2.12. The maximum absolute atomic E-state index is 13.8. The SMILES string of the molecule is N#Cc1c(F)c(F)c(-c2c(F)c(F)c(Br)c(F)c2F)c(F)c1F. The van der Waals surface area contributed by atoms with E-state index < -0.39 is 67.7 Å². The highest BCUT2D eigenvalue weighted by Crippen LogP contribution is 2.39. The second kappa shape index (κ2) is 5.81. The van der Waals surface area contributed by atoms with E-state index in [-0.39, 0.29) is 0 Å². The van der Waals surface area contributed by atoms with Crippen LogP contribution < -0.4 is 0 Å². The third-order valence-electron chi connectivity index (χ3n) is 2.83. The molecule has 0 aliphatic carbocycles. The first-order valence-corrected chi connectivity index (χ1v) is 6.22. The highest BCUT2D eigenvalue weighted by Gasteiger charge is 2.33. The second-order valence-corrected chi connectivity index (χ2v) is 4.86. The van der Waals surface area contributed by atoms with E-state index in [4.69, 9.17) is 5.26 Å². The number of rotatable bonds is 1. The van der Waals surface area contributed by atoms with E-state index >= 15 is 0 Å². The number of nitriles is 1. The number of hydrogen-bond acceptors (Lipinski definition) is 1. The quantitative estimate of drug-likeness (QED) is 0.370. The number of hydrogen-bond donors (Lipinski definition) is 0. The molecule has 0 spiro atoms. The summed E-state index contributed by atoms with van der Waals surface area (Å²) in [6, 6.07) is 0.812. The Bertz CT molecular complexity index is 829. The highest BCUT2D eigenvalue weighted by molar-refractivity contribution is 9.10. The maximum Gasteiger partial charge on any atom is 0.180 e. The number of nitrogens with zero attached hydrogens (tertiary/aromatic N) is 1. The molecule has 10 heteroatoms. The van der Waals surface area contributed by atoms with Crippen molar-refractivity contribution >= 4 is 15.9 Å². The van der Waals surface area contributed by atoms with Gasteiger partial charge in [-0.2, -0.15) is 5.26 Å². The van der Waals surface area contributed by atoms with Crippen molar-refractivity contribution < 1.29 is 35.1 Å². The van der Waals surface area contributed by atoms with Gasteiger partial charge in [0.2, 0.25) is 0 Å². The van der Waals surface area contributed by atoms with Crippen molar-refractivity contribution in [1.82, 2.24) is 0 Å². The van der Waals surface area contributed by atoms with E-state index in [2.05, 4.69) is 15.9 Å². The molecule has 2 rings (SSSR count). The Morgan fingerprint density at radius 1 is 0.565 bits per heavy atom. The van der Waals surface area contributed by atoms with Gasteiger partial charge in [0.05, 0.1) is 15.6 Å². The minimum absolute atomic E-state index is 0.812. The van der Waals surface area contributed by atoms with Crippen LogP contribution in [0.5, 0.6) is 0 Å². The normalized spacial score (nSPS) is 10.8. The van der Waals surface area contributed by atoms with Gasteiger partial charge >= 0.3 is 0 Å². The molecule has 0 aliphatic heterocycles. The minimum atomic E-state index is -2.38. The van der Waals surface area contributed by atoms with Crippen LogP contribution in [0.25, 0.3) is 11.1 Å². The van der Waals surface area contributed by atoms with Gasteiger partial charge in [0.15, 0.2) is 46.5 Å². The molecular weight excluding hydrogens is 402 g/mol. The Balaban J connectivity index is 3.05. The molecule has 0 atom stereocenters. The number of benzene rings is 2. The predicted octanol–water partition coefficient (Wildman–Crippen LogP) is 5.10. The summed E-state index contributed by atoms with van der Waals surface area (Å²) in [5.41, 5.74) is -5.69. The lowest BCUT2D eigenvalue weighted by atomic mass is 9.99. The van der Waals surface area contributed by atoms with Crippen LogP contribution in [0.1, 0.15) is 5.56 Å². The molecule has 0 saturated carbocycles. The van der Waals surface area contributed by atoms with Gasteiger partial charge in [-0.25, -0.2) is 35.1 Å². The number of halogens is 9. The molecule has 120 valence electrons. The Kier molecular flexibility index (Phi) is 4.34. The smallest absolute Gasteiger partial charge is 0.180 e. The molecule has 0 heterocycles. The van der Waals surface area contributed by atoms with Gasteiger partial charge in [-0.05, 0) is 15.9 Å². The Morgan fingerprint density at radius 3 is 1.17 bits per heavy atom. The highest BCUT2D eigenvalue weighted by atomic mass is 79.9. The molecule has 0 aliphatic rings. The van der Waals surface area contributed by atoms with Crippen LogP contribution in [0.4, 0.5) is 35.1 Å². The molecule has 2 aromatic rings. The van der Waals surface area contributed by atoms with Gasteiger partial charge in [0, 0.05) is 0 Å². The molecule has 0 bridgehead atoms. The summed E-state index contributed by atoms with van der Waals surface area (Å²) in [7, 11) is 0. The lowest BCUT2D eigenvalue weighted by Gasteiger charge is -2.12. The van der Waals surface area contributed by atoms with E-state index in [1.165, 1.54) is 0 Å². The summed E-state index contributed by atoms with van der Waals surface area (Å²) < 4.78 is 108. The third kappa shape index (κ3) is 2.35. The first-order chi connectivity index (χ1) is 10.6. The van der Waals surface area contributed by atoms with E-state index in [1.807, 2.05) is 0 Å². The van der Waals surface area contributed by atoms with Crippen molar-refractivity contribution in [2.24, 2.45) is 0 Å². The van der Waals surface area contributed by atoms with Crippen molar-refractivity contribution in [1.29, 1.82) is 5.26 Å². The summed E-state index contributed by atoms with van der Waals surface area (Å²) in [6.45, 7) is 0. The minimum Gasteiger partial charge on any atom is -0.203 e. The van der Waals surface area contributed by atoms with Crippen molar-refractivity contribution in [3.8, 4) is 17.2 Å². The van der Waals surface area contributed by atoms with Crippen LogP contribution in [0.2, 0.25) is 0 Å². The van der Waals surface area contributed by atoms with Crippen molar-refractivity contribution in [3.05, 3.63) is 56.6 Å². The summed E-state index contributed by atoms with van der Waals surface area (Å²) in [6.07, 6.45) is 0. The zero-order chi connectivity index (χ0) is 17.6. The van der Waals surface area contributed by atoms with Crippen molar-refractivity contribution in [2.75, 3.05) is 0 Å². The largest absolute Gasteiger partial charge is 0.203 e. The Morgan fingerprint density at radius 2 is 0.870 bits per heavy atom. The van der Waals surface area contributed by atoms with Gasteiger partial charge in [0.1, 0.15) is 11.6 Å². The first-order valence-electron chi connectivity index (χ1n) is 5.42. The second-order valence-electron chi connectivity index (χ2n) is 4.06. The van der Waals surface area contributed by atoms with E-state index in [0.29, 0.717) is 0 Å². The first kappa shape index (κ1) is 17.2. The zero-order valence-electron chi connectivity index (χ0n) is 10.3. The molecule has 1 nitrogen and oxygen atoms in total. The Hall–Kier alpha value is -2.15. The van der Waals surface area contributed by atoms with E-state index in [1.54, 1.807) is 0 Å². The van der Waals surface area contributed by atoms with Gasteiger partial charge in [-0.3, -0.25) is 0 Å². The zero-order valence-corrected chi connectivity index (χ0v) is 11.9. The molecule has 0 radical (unpaired) electrons. The fraction of sp³-hybridized carbons (Fsp3) is 0. The monoisotopic (exact) mass is 401 g/mol. The molecule has 0 amide bonds. The van der Waals surface area contributed by atoms with Crippen LogP contribution in [0.15, 0.2) is 4.47 Å². The molecule has 0 N–H and O–H groups in total. The molecular formula is C13BrF8N. The summed E-state index contributed by atoms with van der Waals surface area (Å²) in [5, 5.41) is 8.41. The Labute approximate surface area is 130 Å². The van der Waals surface area contributed by atoms with Crippen LogP contribution in [-0.4, -0.2) is 0 Å². The van der Waals surface area contributed by atoms with Gasteiger partial charge < -0.3 is 0 Å². The van der Waals surface area contributed by atoms with Crippen LogP contribution in [0.3, 0.4) is 0 Å². The van der Waals surface area contributed by atoms with Gasteiger partial charge in [-0.1, -0.05) is 0 Å². The molecule has 0 saturated heterocycles. The fourth-order valence-electron chi connectivity index (χ4n) is 1.77. The third-order valence-corrected chi connectivity index (χ3v) is 3.53. The lowest BCUT2D eigenvalue weighted by Crippen LogP contribution is -2.08.